The molecule has 2 nitrogen and oxygen atoms in total. The maximum absolute atomic E-state index is 7.26. The Morgan fingerprint density at radius 1 is 0.250 bits per heavy atom. The molecule has 0 aromatic heterocycles. The van der Waals surface area contributed by atoms with Crippen LogP contribution in [0.4, 0.5) is 0 Å². The van der Waals surface area contributed by atoms with Crippen LogP contribution in [0.3, 0.4) is 0 Å². The third kappa shape index (κ3) is 4.82. The maximum atomic E-state index is 7.26. The van der Waals surface area contributed by atoms with E-state index in [9.17, 15) is 0 Å². The largest absolute Gasteiger partial charge is 0.455 e. The fourth-order valence-corrected chi connectivity index (χ4v) is 9.93. The summed E-state index contributed by atoms with van der Waals surface area (Å²) in [7, 11) is 0. The van der Waals surface area contributed by atoms with Gasteiger partial charge in [0.2, 0.25) is 0 Å². The Bertz CT molecular complexity index is 3320. The molecule has 0 spiro atoms. The molecule has 13 rings (SSSR count). The Balaban J connectivity index is 1.17. The summed E-state index contributed by atoms with van der Waals surface area (Å²) in [5, 5.41) is 9.18. The topological polar surface area (TPSA) is 18.5 Å². The molecule has 60 heavy (non-hydrogen) atoms. The molecule has 0 fully saturated rings. The molecular weight excluding hydrogens is 729 g/mol. The van der Waals surface area contributed by atoms with Crippen molar-refractivity contribution in [3.63, 3.8) is 0 Å². The SMILES string of the molecule is c1ccc(-c2ccc3c4c(c(-c5ccccc5)cc3c2)Oc2ccc3c5c(c6ccccc6c-4c25)-c2c(c(-c4ccccc4)cc4cc(-c5ccccc5)ccc24)O3)cc1. The summed E-state index contributed by atoms with van der Waals surface area (Å²) in [6.07, 6.45) is 0. The third-order valence-electron chi connectivity index (χ3n) is 12.6. The minimum Gasteiger partial charge on any atom is -0.455 e. The standard InChI is InChI=1S/C58H34O2/c1-5-15-35(16-6-1)39-25-27-43-41(31-39)33-47(37-19-9-3-10-20-37)57-53(43)51-45-23-13-14-24-46(45)52-54-44-28-26-40(36-17-7-2-8-18-36)32-42(44)34-48(38-21-11-4-12-22-38)58(54)60-50-30-29-49(59-57)55(51)56(50)52/h1-34H. The Kier molecular flexibility index (Phi) is 7.05. The highest BCUT2D eigenvalue weighted by Crippen LogP contribution is 2.63. The van der Waals surface area contributed by atoms with Gasteiger partial charge in [-0.2, -0.15) is 0 Å². The molecule has 11 aromatic carbocycles. The predicted octanol–water partition coefficient (Wildman–Crippen LogP) is 16.5. The summed E-state index contributed by atoms with van der Waals surface area (Å²) < 4.78 is 14.5. The van der Waals surface area contributed by atoms with Crippen LogP contribution < -0.4 is 9.47 Å². The van der Waals surface area contributed by atoms with Gasteiger partial charge in [-0.15, -0.1) is 0 Å². The average Bonchev–Trinajstić information content (AvgIpc) is 3.33. The average molecular weight is 763 g/mol. The quantitative estimate of drug-likeness (QED) is 0.166. The molecule has 0 saturated heterocycles. The number of rotatable bonds is 4. The fraction of sp³-hybridized carbons (Fsp3) is 0. The monoisotopic (exact) mass is 762 g/mol. The first kappa shape index (κ1) is 33.1. The lowest BCUT2D eigenvalue weighted by Crippen LogP contribution is -2.06. The first-order chi connectivity index (χ1) is 29.8. The second-order valence-electron chi connectivity index (χ2n) is 15.9. The minimum atomic E-state index is 0.836. The van der Waals surface area contributed by atoms with E-state index in [0.717, 1.165) is 77.9 Å². The molecule has 2 aliphatic heterocycles. The van der Waals surface area contributed by atoms with Crippen LogP contribution >= 0.6 is 0 Å². The number of hydrogen-bond acceptors (Lipinski definition) is 2. The molecule has 2 aliphatic rings. The molecule has 0 amide bonds. The molecular formula is C58H34O2. The molecule has 278 valence electrons. The highest BCUT2D eigenvalue weighted by molar-refractivity contribution is 6.31. The third-order valence-corrected chi connectivity index (χ3v) is 12.6. The Morgan fingerprint density at radius 3 is 1.02 bits per heavy atom. The molecule has 0 aliphatic carbocycles. The van der Waals surface area contributed by atoms with Crippen molar-refractivity contribution in [2.75, 3.05) is 0 Å². The van der Waals surface area contributed by atoms with Crippen molar-refractivity contribution in [3.8, 4) is 89.8 Å². The van der Waals surface area contributed by atoms with E-state index >= 15 is 0 Å². The molecule has 0 bridgehead atoms. The van der Waals surface area contributed by atoms with Gasteiger partial charge in [0, 0.05) is 44.2 Å². The van der Waals surface area contributed by atoms with Crippen molar-refractivity contribution in [3.05, 3.63) is 206 Å². The van der Waals surface area contributed by atoms with E-state index < -0.39 is 0 Å². The van der Waals surface area contributed by atoms with E-state index in [2.05, 4.69) is 206 Å². The van der Waals surface area contributed by atoms with Gasteiger partial charge in [-0.3, -0.25) is 0 Å². The summed E-state index contributed by atoms with van der Waals surface area (Å²) in [6.45, 7) is 0. The smallest absolute Gasteiger partial charge is 0.143 e. The van der Waals surface area contributed by atoms with Crippen molar-refractivity contribution in [1.82, 2.24) is 0 Å². The van der Waals surface area contributed by atoms with Gasteiger partial charge in [0.15, 0.2) is 0 Å². The normalized spacial score (nSPS) is 12.3. The number of ether oxygens (including phenoxy) is 2. The lowest BCUT2D eigenvalue weighted by molar-refractivity contribution is 0.478. The van der Waals surface area contributed by atoms with E-state index in [0.29, 0.717) is 0 Å². The van der Waals surface area contributed by atoms with Gasteiger partial charge in [0.05, 0.1) is 0 Å². The van der Waals surface area contributed by atoms with E-state index in [1.54, 1.807) is 0 Å². The maximum Gasteiger partial charge on any atom is 0.143 e. The first-order valence-electron chi connectivity index (χ1n) is 20.6. The van der Waals surface area contributed by atoms with E-state index in [1.807, 2.05) is 0 Å². The van der Waals surface area contributed by atoms with Crippen LogP contribution in [0, 0.1) is 0 Å². The Hall–Kier alpha value is -7.94. The molecule has 11 aromatic rings. The number of hydrogen-bond donors (Lipinski definition) is 0. The van der Waals surface area contributed by atoms with Crippen LogP contribution in [-0.4, -0.2) is 0 Å². The van der Waals surface area contributed by atoms with Gasteiger partial charge >= 0.3 is 0 Å². The van der Waals surface area contributed by atoms with E-state index in [1.165, 1.54) is 54.9 Å². The highest BCUT2D eigenvalue weighted by atomic mass is 16.5. The van der Waals surface area contributed by atoms with Crippen LogP contribution in [0.15, 0.2) is 206 Å². The molecule has 0 atom stereocenters. The van der Waals surface area contributed by atoms with Crippen molar-refractivity contribution in [2.45, 2.75) is 0 Å². The van der Waals surface area contributed by atoms with Gasteiger partial charge in [-0.05, 0) is 102 Å². The van der Waals surface area contributed by atoms with Crippen LogP contribution in [0.5, 0.6) is 23.0 Å². The summed E-state index contributed by atoms with van der Waals surface area (Å²) in [4.78, 5) is 0. The van der Waals surface area contributed by atoms with E-state index in [-0.39, 0.29) is 0 Å². The molecule has 2 heteroatoms. The van der Waals surface area contributed by atoms with Crippen molar-refractivity contribution >= 4 is 43.1 Å². The van der Waals surface area contributed by atoms with Gasteiger partial charge in [-0.25, -0.2) is 0 Å². The van der Waals surface area contributed by atoms with Crippen LogP contribution in [0.1, 0.15) is 0 Å². The molecule has 0 radical (unpaired) electrons. The summed E-state index contributed by atoms with van der Waals surface area (Å²) in [6, 6.07) is 74.2. The molecule has 0 N–H and O–H groups in total. The van der Waals surface area contributed by atoms with Gasteiger partial charge in [0.1, 0.15) is 23.0 Å². The van der Waals surface area contributed by atoms with Crippen LogP contribution in [0.25, 0.3) is 110 Å². The minimum absolute atomic E-state index is 0.836. The molecule has 2 heterocycles. The van der Waals surface area contributed by atoms with Crippen molar-refractivity contribution in [1.29, 1.82) is 0 Å². The van der Waals surface area contributed by atoms with Crippen LogP contribution in [-0.2, 0) is 0 Å². The van der Waals surface area contributed by atoms with E-state index in [4.69, 9.17) is 9.47 Å². The second-order valence-corrected chi connectivity index (χ2v) is 15.9. The molecule has 0 unspecified atom stereocenters. The predicted molar refractivity (Wildman–Crippen MR) is 249 cm³/mol. The lowest BCUT2D eigenvalue weighted by Gasteiger charge is -2.32. The second kappa shape index (κ2) is 12.8. The van der Waals surface area contributed by atoms with Crippen LogP contribution in [0.2, 0.25) is 0 Å². The Labute approximate surface area is 347 Å². The number of fused-ring (bicyclic) bond motifs is 11. The Morgan fingerprint density at radius 2 is 0.617 bits per heavy atom. The van der Waals surface area contributed by atoms with Gasteiger partial charge in [-0.1, -0.05) is 170 Å². The van der Waals surface area contributed by atoms with Crippen molar-refractivity contribution in [2.24, 2.45) is 0 Å². The fourth-order valence-electron chi connectivity index (χ4n) is 9.93. The zero-order chi connectivity index (χ0) is 39.3. The number of benzene rings is 11. The van der Waals surface area contributed by atoms with Crippen molar-refractivity contribution < 1.29 is 9.47 Å². The summed E-state index contributed by atoms with van der Waals surface area (Å²) in [5.74, 6) is 3.43. The zero-order valence-corrected chi connectivity index (χ0v) is 32.4. The van der Waals surface area contributed by atoms with Gasteiger partial charge in [0.25, 0.3) is 0 Å². The lowest BCUT2D eigenvalue weighted by atomic mass is 9.79. The van der Waals surface area contributed by atoms with Gasteiger partial charge < -0.3 is 9.47 Å². The highest BCUT2D eigenvalue weighted by Gasteiger charge is 2.35. The summed E-state index contributed by atoms with van der Waals surface area (Å²) >= 11 is 0. The zero-order valence-electron chi connectivity index (χ0n) is 32.4. The first-order valence-corrected chi connectivity index (χ1v) is 20.6. The summed E-state index contributed by atoms with van der Waals surface area (Å²) in [5.41, 5.74) is 13.7. The molecule has 0 saturated carbocycles.